The van der Waals surface area contributed by atoms with Crippen LogP contribution in [0, 0.1) is 10.1 Å². The number of nitro groups is 1. The number of hydrogen-bond acceptors (Lipinski definition) is 4. The normalized spacial score (nSPS) is 17.3. The van der Waals surface area contributed by atoms with Crippen LogP contribution in [0.5, 0.6) is 0 Å². The van der Waals surface area contributed by atoms with E-state index in [0.29, 0.717) is 0 Å². The number of carbonyl (C=O) groups excluding carboxylic acids is 1. The van der Waals surface area contributed by atoms with Gasteiger partial charge in [-0.1, -0.05) is 0 Å². The fourth-order valence-electron chi connectivity index (χ4n) is 2.67. The maximum absolute atomic E-state index is 11.7. The Hall–Kier alpha value is -2.15. The Morgan fingerprint density at radius 2 is 1.90 bits per heavy atom. The SMILES string of the molecule is CNC(=O)[C@H](C)[NH+]1CCN(c2ccc([N+](=O)[O-])cc2)CC1. The summed E-state index contributed by atoms with van der Waals surface area (Å²) in [5.41, 5.74) is 1.10. The van der Waals surface area contributed by atoms with Gasteiger partial charge in [0.2, 0.25) is 0 Å². The Balaban J connectivity index is 1.94. The molecule has 0 spiro atoms. The molecule has 0 unspecified atom stereocenters. The Morgan fingerprint density at radius 1 is 1.33 bits per heavy atom. The quantitative estimate of drug-likeness (QED) is 0.576. The summed E-state index contributed by atoms with van der Waals surface area (Å²) in [4.78, 5) is 25.4. The third-order valence-corrected chi connectivity index (χ3v) is 4.08. The van der Waals surface area contributed by atoms with Crippen LogP contribution in [0.2, 0.25) is 0 Å². The van der Waals surface area contributed by atoms with Crippen LogP contribution in [0.15, 0.2) is 24.3 Å². The topological polar surface area (TPSA) is 79.9 Å². The molecule has 21 heavy (non-hydrogen) atoms. The van der Waals surface area contributed by atoms with Crippen LogP contribution >= 0.6 is 0 Å². The maximum Gasteiger partial charge on any atom is 0.277 e. The van der Waals surface area contributed by atoms with Crippen molar-refractivity contribution in [2.24, 2.45) is 0 Å². The predicted octanol–water partition coefficient (Wildman–Crippen LogP) is -0.566. The van der Waals surface area contributed by atoms with Crippen molar-refractivity contribution >= 4 is 17.3 Å². The molecule has 0 aromatic heterocycles. The highest BCUT2D eigenvalue weighted by molar-refractivity contribution is 5.79. The lowest BCUT2D eigenvalue weighted by molar-refractivity contribution is -0.914. The largest absolute Gasteiger partial charge is 0.360 e. The minimum absolute atomic E-state index is 0.0472. The van der Waals surface area contributed by atoms with Crippen LogP contribution in [0.4, 0.5) is 11.4 Å². The fourth-order valence-corrected chi connectivity index (χ4v) is 2.67. The minimum Gasteiger partial charge on any atom is -0.360 e. The number of benzene rings is 1. The summed E-state index contributed by atoms with van der Waals surface area (Å²) < 4.78 is 0. The molecule has 2 rings (SSSR count). The van der Waals surface area contributed by atoms with Crippen LogP contribution in [0.3, 0.4) is 0 Å². The highest BCUT2D eigenvalue weighted by atomic mass is 16.6. The van der Waals surface area contributed by atoms with Crippen molar-refractivity contribution in [3.8, 4) is 0 Å². The van der Waals surface area contributed by atoms with E-state index in [-0.39, 0.29) is 17.6 Å². The average molecular weight is 293 g/mol. The van der Waals surface area contributed by atoms with Gasteiger partial charge in [0.15, 0.2) is 6.04 Å². The number of likely N-dealkylation sites (N-methyl/N-ethyl adjacent to an activating group) is 1. The third kappa shape index (κ3) is 3.49. The van der Waals surface area contributed by atoms with Gasteiger partial charge in [-0.2, -0.15) is 0 Å². The van der Waals surface area contributed by atoms with Gasteiger partial charge in [0.1, 0.15) is 0 Å². The highest BCUT2D eigenvalue weighted by Gasteiger charge is 2.28. The molecule has 1 atom stereocenters. The number of piperazine rings is 1. The van der Waals surface area contributed by atoms with Crippen molar-refractivity contribution in [3.63, 3.8) is 0 Å². The molecule has 1 aromatic rings. The Kier molecular flexibility index (Phi) is 4.74. The molecule has 7 heteroatoms. The number of nitrogens with one attached hydrogen (secondary N) is 2. The second-order valence-corrected chi connectivity index (χ2v) is 5.25. The number of amides is 1. The van der Waals surface area contributed by atoms with Crippen molar-refractivity contribution in [3.05, 3.63) is 34.4 Å². The Bertz CT molecular complexity index is 509. The number of quaternary nitrogens is 1. The first-order valence-corrected chi connectivity index (χ1v) is 7.08. The van der Waals surface area contributed by atoms with E-state index in [2.05, 4.69) is 10.2 Å². The molecule has 114 valence electrons. The van der Waals surface area contributed by atoms with Crippen molar-refractivity contribution in [2.75, 3.05) is 38.1 Å². The summed E-state index contributed by atoms with van der Waals surface area (Å²) in [6.07, 6.45) is 0. The number of nitro benzene ring substituents is 1. The second kappa shape index (κ2) is 6.53. The molecule has 0 radical (unpaired) electrons. The van der Waals surface area contributed by atoms with E-state index >= 15 is 0 Å². The Morgan fingerprint density at radius 3 is 2.38 bits per heavy atom. The fraction of sp³-hybridized carbons (Fsp3) is 0.500. The van der Waals surface area contributed by atoms with E-state index < -0.39 is 4.92 Å². The van der Waals surface area contributed by atoms with E-state index in [1.54, 1.807) is 19.2 Å². The van der Waals surface area contributed by atoms with Gasteiger partial charge in [0.25, 0.3) is 11.6 Å². The summed E-state index contributed by atoms with van der Waals surface area (Å²) in [6, 6.07) is 6.58. The van der Waals surface area contributed by atoms with Crippen molar-refractivity contribution < 1.29 is 14.6 Å². The van der Waals surface area contributed by atoms with Crippen molar-refractivity contribution in [2.45, 2.75) is 13.0 Å². The van der Waals surface area contributed by atoms with Gasteiger partial charge < -0.3 is 15.1 Å². The van der Waals surface area contributed by atoms with E-state index in [0.717, 1.165) is 31.9 Å². The molecule has 1 heterocycles. The molecular weight excluding hydrogens is 272 g/mol. The van der Waals surface area contributed by atoms with Crippen LogP contribution in [0.25, 0.3) is 0 Å². The van der Waals surface area contributed by atoms with Gasteiger partial charge in [-0.3, -0.25) is 14.9 Å². The molecule has 1 saturated heterocycles. The molecule has 1 fully saturated rings. The molecule has 1 aliphatic heterocycles. The first-order chi connectivity index (χ1) is 10.0. The Labute approximate surface area is 123 Å². The lowest BCUT2D eigenvalue weighted by Gasteiger charge is -2.35. The zero-order chi connectivity index (χ0) is 15.4. The molecular formula is C14H21N4O3+. The smallest absolute Gasteiger partial charge is 0.277 e. The predicted molar refractivity (Wildman–Crippen MR) is 79.5 cm³/mol. The van der Waals surface area contributed by atoms with Crippen LogP contribution in [-0.2, 0) is 4.79 Å². The molecule has 0 saturated carbocycles. The van der Waals surface area contributed by atoms with Gasteiger partial charge in [-0.25, -0.2) is 0 Å². The standard InChI is InChI=1S/C14H20N4O3/c1-11(14(19)15-2)16-7-9-17(10-8-16)12-3-5-13(6-4-12)18(20)21/h3-6,11H,7-10H2,1-2H3,(H,15,19)/p+1/t11-/m0/s1. The highest BCUT2D eigenvalue weighted by Crippen LogP contribution is 2.19. The number of non-ortho nitro benzene ring substituents is 1. The number of anilines is 1. The number of nitrogens with zero attached hydrogens (tertiary/aromatic N) is 2. The summed E-state index contributed by atoms with van der Waals surface area (Å²) in [5.74, 6) is 0.0637. The number of hydrogen-bond donors (Lipinski definition) is 2. The van der Waals surface area contributed by atoms with E-state index in [4.69, 9.17) is 0 Å². The molecule has 2 N–H and O–H groups in total. The van der Waals surface area contributed by atoms with E-state index in [9.17, 15) is 14.9 Å². The average Bonchev–Trinajstić information content (AvgIpc) is 2.53. The summed E-state index contributed by atoms with van der Waals surface area (Å²) >= 11 is 0. The zero-order valence-electron chi connectivity index (χ0n) is 12.3. The molecule has 1 amide bonds. The number of rotatable bonds is 4. The van der Waals surface area contributed by atoms with Gasteiger partial charge >= 0.3 is 0 Å². The van der Waals surface area contributed by atoms with Gasteiger partial charge in [0, 0.05) is 24.9 Å². The summed E-state index contributed by atoms with van der Waals surface area (Å²) in [7, 11) is 1.66. The zero-order valence-corrected chi connectivity index (χ0v) is 12.3. The lowest BCUT2D eigenvalue weighted by atomic mass is 10.2. The van der Waals surface area contributed by atoms with Gasteiger partial charge in [-0.05, 0) is 19.1 Å². The minimum atomic E-state index is -0.392. The summed E-state index contributed by atoms with van der Waals surface area (Å²) in [6.45, 7) is 5.38. The van der Waals surface area contributed by atoms with Crippen LogP contribution < -0.4 is 15.1 Å². The van der Waals surface area contributed by atoms with Crippen LogP contribution in [-0.4, -0.2) is 50.1 Å². The van der Waals surface area contributed by atoms with Gasteiger partial charge in [0.05, 0.1) is 31.1 Å². The van der Waals surface area contributed by atoms with Crippen molar-refractivity contribution in [1.82, 2.24) is 5.32 Å². The first kappa shape index (κ1) is 15.2. The van der Waals surface area contributed by atoms with E-state index in [1.165, 1.54) is 17.0 Å². The van der Waals surface area contributed by atoms with E-state index in [1.807, 2.05) is 6.92 Å². The third-order valence-electron chi connectivity index (χ3n) is 4.08. The van der Waals surface area contributed by atoms with Crippen LogP contribution in [0.1, 0.15) is 6.92 Å². The lowest BCUT2D eigenvalue weighted by Crippen LogP contribution is -3.19. The second-order valence-electron chi connectivity index (χ2n) is 5.25. The molecule has 1 aromatic carbocycles. The monoisotopic (exact) mass is 293 g/mol. The number of carbonyl (C=O) groups is 1. The molecule has 1 aliphatic rings. The molecule has 0 bridgehead atoms. The first-order valence-electron chi connectivity index (χ1n) is 7.08. The summed E-state index contributed by atoms with van der Waals surface area (Å²) in [5, 5.41) is 13.3. The molecule has 0 aliphatic carbocycles. The molecule has 7 nitrogen and oxygen atoms in total. The van der Waals surface area contributed by atoms with Crippen molar-refractivity contribution in [1.29, 1.82) is 0 Å². The van der Waals surface area contributed by atoms with Gasteiger partial charge in [-0.15, -0.1) is 0 Å². The maximum atomic E-state index is 11.7.